The normalized spacial score (nSPS) is 30.3. The van der Waals surface area contributed by atoms with Crippen molar-refractivity contribution in [2.45, 2.75) is 94.6 Å². The van der Waals surface area contributed by atoms with Crippen molar-refractivity contribution >= 4 is 39.6 Å². The number of rotatable bonds is 14. The Balaban J connectivity index is 1.95. The summed E-state index contributed by atoms with van der Waals surface area (Å²) in [7, 11) is 0. The Morgan fingerprint density at radius 2 is 1.93 bits per heavy atom. The van der Waals surface area contributed by atoms with Gasteiger partial charge in [-0.2, -0.15) is 0 Å². The van der Waals surface area contributed by atoms with Crippen LogP contribution in [0.4, 0.5) is 0 Å². The molecule has 8 atom stereocenters. The smallest absolute Gasteiger partial charge is 0.312 e. The van der Waals surface area contributed by atoms with Gasteiger partial charge in [0.25, 0.3) is 0 Å². The van der Waals surface area contributed by atoms with E-state index in [2.05, 4.69) is 34.4 Å². The topological polar surface area (TPSA) is 125 Å². The highest BCUT2D eigenvalue weighted by molar-refractivity contribution is 9.09. The second-order valence-corrected chi connectivity index (χ2v) is 12.8. The van der Waals surface area contributed by atoms with E-state index < -0.39 is 47.7 Å². The van der Waals surface area contributed by atoms with E-state index in [-0.39, 0.29) is 54.2 Å². The summed E-state index contributed by atoms with van der Waals surface area (Å²) < 4.78 is 12.3. The van der Waals surface area contributed by atoms with Crippen LogP contribution in [0.5, 0.6) is 0 Å². The molecule has 3 amide bonds. The van der Waals surface area contributed by atoms with Crippen molar-refractivity contribution in [2.75, 3.05) is 19.7 Å². The van der Waals surface area contributed by atoms with E-state index in [0.29, 0.717) is 19.3 Å². The van der Waals surface area contributed by atoms with E-state index in [1.54, 1.807) is 24.0 Å². The Morgan fingerprint density at radius 3 is 2.48 bits per heavy atom. The maximum atomic E-state index is 14.2. The minimum atomic E-state index is -1.25. The zero-order valence-electron chi connectivity index (χ0n) is 24.2. The van der Waals surface area contributed by atoms with Gasteiger partial charge >= 0.3 is 5.97 Å². The molecule has 3 saturated heterocycles. The molecule has 2 bridgehead atoms. The number of esters is 1. The largest absolute Gasteiger partial charge is 0.460 e. The predicted octanol–water partition coefficient (Wildman–Crippen LogP) is 2.19. The number of hydrogen-bond donors (Lipinski definition) is 2. The molecule has 1 unspecified atom stereocenters. The van der Waals surface area contributed by atoms with Crippen LogP contribution in [-0.2, 0) is 28.7 Å². The summed E-state index contributed by atoms with van der Waals surface area (Å²) >= 11 is 3.65. The molecule has 3 aliphatic heterocycles. The van der Waals surface area contributed by atoms with Crippen LogP contribution >= 0.6 is 15.9 Å². The molecule has 0 saturated carbocycles. The fourth-order valence-electron chi connectivity index (χ4n) is 6.34. The van der Waals surface area contributed by atoms with E-state index in [4.69, 9.17) is 9.47 Å². The van der Waals surface area contributed by atoms with Gasteiger partial charge in [0, 0.05) is 23.8 Å². The van der Waals surface area contributed by atoms with Gasteiger partial charge in [-0.05, 0) is 39.5 Å². The van der Waals surface area contributed by atoms with Crippen molar-refractivity contribution in [2.24, 2.45) is 17.8 Å². The van der Waals surface area contributed by atoms with Gasteiger partial charge in [-0.25, -0.2) is 0 Å². The standard InChI is InChI=1S/C29H44BrN3O7/c1-8-10-11-21(35)31-14-18(7)39-28(38)22-23-26(36)33(20(15-34)16(3)4)25(27(37)32(12-9-2)17(5)6)29(23)13-19(30)24(22)40-29/h8-9,16-20,22-25,34H,1-2,10-15H2,3-7H3,(H,31,35)/t18-,19?,20-,22-,23+,24-,25-,29+/m0/s1. The Bertz CT molecular complexity index is 1000. The van der Waals surface area contributed by atoms with Gasteiger partial charge < -0.3 is 29.7 Å². The van der Waals surface area contributed by atoms with Gasteiger partial charge in [0.1, 0.15) is 17.7 Å². The lowest BCUT2D eigenvalue weighted by atomic mass is 9.70. The van der Waals surface area contributed by atoms with Gasteiger partial charge in [-0.1, -0.05) is 41.9 Å². The second kappa shape index (κ2) is 13.2. The first-order valence-corrected chi connectivity index (χ1v) is 15.0. The number of aliphatic hydroxyl groups is 1. The molecule has 2 N–H and O–H groups in total. The maximum Gasteiger partial charge on any atom is 0.312 e. The number of carbonyl (C=O) groups is 4. The molecule has 3 fully saturated rings. The van der Waals surface area contributed by atoms with E-state index in [9.17, 15) is 24.3 Å². The second-order valence-electron chi connectivity index (χ2n) is 11.7. The first-order valence-electron chi connectivity index (χ1n) is 14.1. The Hall–Kier alpha value is -2.24. The van der Waals surface area contributed by atoms with Crippen molar-refractivity contribution in [3.05, 3.63) is 25.3 Å². The highest BCUT2D eigenvalue weighted by atomic mass is 79.9. The maximum absolute atomic E-state index is 14.2. The van der Waals surface area contributed by atoms with Crippen LogP contribution in [0.3, 0.4) is 0 Å². The van der Waals surface area contributed by atoms with E-state index in [1.807, 2.05) is 27.7 Å². The summed E-state index contributed by atoms with van der Waals surface area (Å²) in [5.41, 5.74) is -1.25. The van der Waals surface area contributed by atoms with E-state index >= 15 is 0 Å². The number of allylic oxidation sites excluding steroid dienone is 1. The first kappa shape index (κ1) is 32.3. The summed E-state index contributed by atoms with van der Waals surface area (Å²) in [6.45, 7) is 16.7. The lowest BCUT2D eigenvalue weighted by Gasteiger charge is -2.41. The van der Waals surface area contributed by atoms with Crippen molar-refractivity contribution in [3.63, 3.8) is 0 Å². The highest BCUT2D eigenvalue weighted by Gasteiger charge is 2.77. The van der Waals surface area contributed by atoms with Crippen molar-refractivity contribution < 1.29 is 33.8 Å². The molecule has 11 heteroatoms. The van der Waals surface area contributed by atoms with Gasteiger partial charge in [0.05, 0.1) is 37.1 Å². The third-order valence-corrected chi connectivity index (χ3v) is 9.10. The zero-order chi connectivity index (χ0) is 29.9. The lowest BCUT2D eigenvalue weighted by Crippen LogP contribution is -2.60. The molecule has 0 aromatic carbocycles. The number of hydrogen-bond acceptors (Lipinski definition) is 7. The molecule has 0 aromatic heterocycles. The Labute approximate surface area is 245 Å². The number of fused-ring (bicyclic) bond motifs is 1. The molecular weight excluding hydrogens is 582 g/mol. The molecule has 10 nitrogen and oxygen atoms in total. The van der Waals surface area contributed by atoms with E-state index in [1.165, 1.54) is 4.90 Å². The number of nitrogens with zero attached hydrogens (tertiary/aromatic N) is 2. The predicted molar refractivity (Wildman–Crippen MR) is 153 cm³/mol. The van der Waals surface area contributed by atoms with Crippen molar-refractivity contribution in [1.29, 1.82) is 0 Å². The Morgan fingerprint density at radius 1 is 1.25 bits per heavy atom. The van der Waals surface area contributed by atoms with Crippen LogP contribution < -0.4 is 5.32 Å². The molecule has 0 radical (unpaired) electrons. The number of alkyl halides is 1. The Kier molecular flexibility index (Phi) is 10.6. The van der Waals surface area contributed by atoms with Crippen LogP contribution in [-0.4, -0.2) is 99.1 Å². The highest BCUT2D eigenvalue weighted by Crippen LogP contribution is 2.61. The third kappa shape index (κ3) is 5.87. The number of amides is 3. The molecule has 0 aliphatic carbocycles. The van der Waals surface area contributed by atoms with Gasteiger partial charge in [-0.15, -0.1) is 13.2 Å². The van der Waals surface area contributed by atoms with Gasteiger partial charge in [0.15, 0.2) is 0 Å². The summed E-state index contributed by atoms with van der Waals surface area (Å²) in [5.74, 6) is -3.49. The number of likely N-dealkylation sites (tertiary alicyclic amines) is 1. The average Bonchev–Trinajstić information content (AvgIpc) is 3.48. The lowest BCUT2D eigenvalue weighted by molar-refractivity contribution is -0.160. The number of carbonyl (C=O) groups excluding carboxylic acids is 4. The zero-order valence-corrected chi connectivity index (χ0v) is 25.8. The summed E-state index contributed by atoms with van der Waals surface area (Å²) in [5, 5.41) is 13.1. The quantitative estimate of drug-likeness (QED) is 0.172. The first-order chi connectivity index (χ1) is 18.9. The molecular formula is C29H44BrN3O7. The number of aliphatic hydroxyl groups excluding tert-OH is 1. The molecule has 1 spiro atoms. The molecule has 224 valence electrons. The molecule has 3 rings (SSSR count). The van der Waals surface area contributed by atoms with Crippen LogP contribution in [0.1, 0.15) is 53.9 Å². The minimum absolute atomic E-state index is 0.125. The fraction of sp³-hybridized carbons (Fsp3) is 0.724. The van der Waals surface area contributed by atoms with Gasteiger partial charge in [-0.3, -0.25) is 19.2 Å². The molecule has 40 heavy (non-hydrogen) atoms. The molecule has 3 heterocycles. The third-order valence-electron chi connectivity index (χ3n) is 8.26. The van der Waals surface area contributed by atoms with Crippen LogP contribution in [0.15, 0.2) is 25.3 Å². The van der Waals surface area contributed by atoms with E-state index in [0.717, 1.165) is 0 Å². The number of nitrogens with one attached hydrogen (secondary N) is 1. The van der Waals surface area contributed by atoms with Crippen LogP contribution in [0.2, 0.25) is 0 Å². The monoisotopic (exact) mass is 625 g/mol. The summed E-state index contributed by atoms with van der Waals surface area (Å²) in [6.07, 6.45) is 3.18. The average molecular weight is 627 g/mol. The van der Waals surface area contributed by atoms with Crippen molar-refractivity contribution in [3.8, 4) is 0 Å². The fourth-order valence-corrected chi connectivity index (χ4v) is 7.29. The van der Waals surface area contributed by atoms with Gasteiger partial charge in [0.2, 0.25) is 17.7 Å². The molecule has 3 aliphatic rings. The summed E-state index contributed by atoms with van der Waals surface area (Å²) in [6, 6.07) is -1.83. The number of halogens is 1. The van der Waals surface area contributed by atoms with Crippen LogP contribution in [0.25, 0.3) is 0 Å². The summed E-state index contributed by atoms with van der Waals surface area (Å²) in [4.78, 5) is 56.9. The minimum Gasteiger partial charge on any atom is -0.460 e. The van der Waals surface area contributed by atoms with Crippen LogP contribution in [0, 0.1) is 17.8 Å². The van der Waals surface area contributed by atoms with Crippen molar-refractivity contribution in [1.82, 2.24) is 15.1 Å². The number of ether oxygens (including phenoxy) is 2. The SMILES string of the molecule is C=CCCC(=O)NC[C@H](C)OC(=O)[C@@H]1[C@H]2O[C@@]3(CC2Br)[C@H](C(=O)N(CC=C)C(C)C)N([C@@H](CO)C(C)C)C(=O)[C@@H]13. The molecule has 0 aromatic rings.